The number of nitrogens with one attached hydrogen (secondary N) is 1. The minimum absolute atomic E-state index is 0.0159. The van der Waals surface area contributed by atoms with Gasteiger partial charge in [-0.2, -0.15) is 0 Å². The molecule has 0 unspecified atom stereocenters. The Morgan fingerprint density at radius 2 is 2.28 bits per heavy atom. The van der Waals surface area contributed by atoms with Crippen LogP contribution in [0.5, 0.6) is 0 Å². The highest BCUT2D eigenvalue weighted by atomic mass is 32.1. The zero-order valence-corrected chi connectivity index (χ0v) is 10.6. The van der Waals surface area contributed by atoms with Gasteiger partial charge in [0, 0.05) is 5.38 Å². The van der Waals surface area contributed by atoms with E-state index < -0.39 is 11.5 Å². The molecule has 0 atom stereocenters. The van der Waals surface area contributed by atoms with Crippen molar-refractivity contribution in [3.8, 4) is 0 Å². The Morgan fingerprint density at radius 1 is 1.56 bits per heavy atom. The summed E-state index contributed by atoms with van der Waals surface area (Å²) in [6.45, 7) is 0. The average molecular weight is 269 g/mol. The molecule has 0 saturated heterocycles. The number of aromatic nitrogens is 1. The molecule has 0 aliphatic heterocycles. The van der Waals surface area contributed by atoms with Crippen LogP contribution in [0.1, 0.15) is 31.4 Å². The molecule has 1 aliphatic rings. The molecule has 0 spiro atoms. The number of nitrogens with zero attached hydrogens (tertiary/aromatic N) is 1. The van der Waals surface area contributed by atoms with Gasteiger partial charge in [0.25, 0.3) is 0 Å². The normalized spacial score (nSPS) is 16.9. The molecule has 1 aliphatic carbocycles. The van der Waals surface area contributed by atoms with Crippen molar-refractivity contribution >= 4 is 28.3 Å². The van der Waals surface area contributed by atoms with Crippen LogP contribution in [0.4, 0.5) is 5.13 Å². The van der Waals surface area contributed by atoms with E-state index >= 15 is 0 Å². The highest BCUT2D eigenvalue weighted by molar-refractivity contribution is 7.13. The van der Waals surface area contributed by atoms with Crippen LogP contribution < -0.4 is 11.1 Å². The lowest BCUT2D eigenvalue weighted by Crippen LogP contribution is -2.55. The Kier molecular flexibility index (Phi) is 3.51. The van der Waals surface area contributed by atoms with Gasteiger partial charge in [-0.25, -0.2) is 4.98 Å². The molecule has 1 amide bonds. The van der Waals surface area contributed by atoms with Crippen molar-refractivity contribution in [2.75, 3.05) is 5.73 Å². The second kappa shape index (κ2) is 4.93. The standard InChI is InChI=1S/C11H15N3O3S/c12-10-13-7(6-18-10)4-8(15)14-11(2-1-3-11)5-9(16)17/h6H,1-5H2,(H2,12,13)(H,14,15)(H,16,17). The molecule has 1 aromatic heterocycles. The van der Waals surface area contributed by atoms with Crippen LogP contribution >= 0.6 is 11.3 Å². The predicted octanol–water partition coefficient (Wildman–Crippen LogP) is 0.781. The van der Waals surface area contributed by atoms with Gasteiger partial charge in [-0.1, -0.05) is 0 Å². The van der Waals surface area contributed by atoms with Crippen molar-refractivity contribution in [1.82, 2.24) is 10.3 Å². The fourth-order valence-corrected chi connectivity index (χ4v) is 2.71. The predicted molar refractivity (Wildman–Crippen MR) is 67.2 cm³/mol. The molecule has 1 fully saturated rings. The minimum atomic E-state index is -0.882. The summed E-state index contributed by atoms with van der Waals surface area (Å²) >= 11 is 1.29. The molecule has 0 radical (unpaired) electrons. The molecule has 6 nitrogen and oxygen atoms in total. The van der Waals surface area contributed by atoms with E-state index in [-0.39, 0.29) is 18.7 Å². The first kappa shape index (κ1) is 12.8. The van der Waals surface area contributed by atoms with E-state index in [1.165, 1.54) is 11.3 Å². The van der Waals surface area contributed by atoms with E-state index in [2.05, 4.69) is 10.3 Å². The molecule has 1 heterocycles. The Bertz CT molecular complexity index is 468. The maximum absolute atomic E-state index is 11.8. The van der Waals surface area contributed by atoms with Gasteiger partial charge >= 0.3 is 5.97 Å². The first-order valence-electron chi connectivity index (χ1n) is 5.72. The molecular formula is C11H15N3O3S. The molecule has 1 saturated carbocycles. The third-order valence-corrected chi connectivity index (χ3v) is 3.84. The molecule has 4 N–H and O–H groups in total. The van der Waals surface area contributed by atoms with E-state index in [0.29, 0.717) is 10.8 Å². The number of aliphatic carboxylic acids is 1. The van der Waals surface area contributed by atoms with Gasteiger partial charge in [0.15, 0.2) is 5.13 Å². The van der Waals surface area contributed by atoms with Gasteiger partial charge in [-0.15, -0.1) is 11.3 Å². The third kappa shape index (κ3) is 2.98. The van der Waals surface area contributed by atoms with E-state index in [0.717, 1.165) is 19.3 Å². The monoisotopic (exact) mass is 269 g/mol. The molecular weight excluding hydrogens is 254 g/mol. The van der Waals surface area contributed by atoms with Gasteiger partial charge in [-0.3, -0.25) is 9.59 Å². The largest absolute Gasteiger partial charge is 0.481 e. The highest BCUT2D eigenvalue weighted by Crippen LogP contribution is 2.34. The van der Waals surface area contributed by atoms with Gasteiger partial charge in [0.2, 0.25) is 5.91 Å². The Balaban J connectivity index is 1.91. The molecule has 1 aromatic rings. The quantitative estimate of drug-likeness (QED) is 0.732. The van der Waals surface area contributed by atoms with E-state index in [4.69, 9.17) is 10.8 Å². The van der Waals surface area contributed by atoms with Crippen molar-refractivity contribution < 1.29 is 14.7 Å². The van der Waals surface area contributed by atoms with Crippen molar-refractivity contribution in [1.29, 1.82) is 0 Å². The topological polar surface area (TPSA) is 105 Å². The van der Waals surface area contributed by atoms with Crippen LogP contribution in [0.3, 0.4) is 0 Å². The number of nitrogen functional groups attached to an aromatic ring is 1. The second-order valence-electron chi connectivity index (χ2n) is 4.61. The lowest BCUT2D eigenvalue weighted by Gasteiger charge is -2.41. The maximum Gasteiger partial charge on any atom is 0.305 e. The smallest absolute Gasteiger partial charge is 0.305 e. The van der Waals surface area contributed by atoms with Crippen LogP contribution in [0.25, 0.3) is 0 Å². The fourth-order valence-electron chi connectivity index (χ4n) is 2.15. The van der Waals surface area contributed by atoms with Crippen molar-refractivity contribution in [3.63, 3.8) is 0 Å². The minimum Gasteiger partial charge on any atom is -0.481 e. The number of nitrogens with two attached hydrogens (primary N) is 1. The number of carboxylic acid groups (broad SMARTS) is 1. The van der Waals surface area contributed by atoms with E-state index in [9.17, 15) is 9.59 Å². The van der Waals surface area contributed by atoms with Gasteiger partial charge in [0.1, 0.15) is 0 Å². The molecule has 0 aromatic carbocycles. The summed E-state index contributed by atoms with van der Waals surface area (Å²) in [5, 5.41) is 13.8. The van der Waals surface area contributed by atoms with Crippen LogP contribution in [-0.2, 0) is 16.0 Å². The lowest BCUT2D eigenvalue weighted by atomic mass is 9.74. The number of rotatable bonds is 5. The number of hydrogen-bond donors (Lipinski definition) is 3. The summed E-state index contributed by atoms with van der Waals surface area (Å²) in [4.78, 5) is 26.6. The number of carbonyl (C=O) groups excluding carboxylic acids is 1. The second-order valence-corrected chi connectivity index (χ2v) is 5.50. The van der Waals surface area contributed by atoms with Crippen molar-refractivity contribution in [2.45, 2.75) is 37.6 Å². The Labute approximate surface area is 108 Å². The summed E-state index contributed by atoms with van der Waals surface area (Å²) in [6, 6.07) is 0. The average Bonchev–Trinajstić information content (AvgIpc) is 2.59. The first-order valence-corrected chi connectivity index (χ1v) is 6.60. The van der Waals surface area contributed by atoms with E-state index in [1.54, 1.807) is 5.38 Å². The van der Waals surface area contributed by atoms with Crippen LogP contribution in [-0.4, -0.2) is 27.5 Å². The molecule has 2 rings (SSSR count). The SMILES string of the molecule is Nc1nc(CC(=O)NC2(CC(=O)O)CCC2)cs1. The maximum atomic E-state index is 11.8. The number of thiazole rings is 1. The first-order chi connectivity index (χ1) is 8.49. The van der Waals surface area contributed by atoms with E-state index in [1.807, 2.05) is 0 Å². The zero-order chi connectivity index (χ0) is 13.2. The van der Waals surface area contributed by atoms with Gasteiger partial charge in [0.05, 0.1) is 24.1 Å². The molecule has 7 heteroatoms. The molecule has 98 valence electrons. The van der Waals surface area contributed by atoms with Crippen LogP contribution in [0.2, 0.25) is 0 Å². The Hall–Kier alpha value is -1.63. The number of carboxylic acids is 1. The summed E-state index contributed by atoms with van der Waals surface area (Å²) in [5.74, 6) is -1.07. The summed E-state index contributed by atoms with van der Waals surface area (Å²) < 4.78 is 0. The number of anilines is 1. The van der Waals surface area contributed by atoms with Gasteiger partial charge in [-0.05, 0) is 19.3 Å². The van der Waals surface area contributed by atoms with Crippen LogP contribution in [0, 0.1) is 0 Å². The number of amides is 1. The lowest BCUT2D eigenvalue weighted by molar-refractivity contribution is -0.140. The molecule has 0 bridgehead atoms. The molecule has 18 heavy (non-hydrogen) atoms. The summed E-state index contributed by atoms with van der Waals surface area (Å²) in [6.07, 6.45) is 2.54. The number of hydrogen-bond acceptors (Lipinski definition) is 5. The number of carbonyl (C=O) groups is 2. The van der Waals surface area contributed by atoms with Crippen molar-refractivity contribution in [2.24, 2.45) is 0 Å². The summed E-state index contributed by atoms with van der Waals surface area (Å²) in [5.41, 5.74) is 5.56. The summed E-state index contributed by atoms with van der Waals surface area (Å²) in [7, 11) is 0. The Morgan fingerprint density at radius 3 is 2.72 bits per heavy atom. The fraction of sp³-hybridized carbons (Fsp3) is 0.545. The van der Waals surface area contributed by atoms with Gasteiger partial charge < -0.3 is 16.2 Å². The van der Waals surface area contributed by atoms with Crippen molar-refractivity contribution in [3.05, 3.63) is 11.1 Å². The zero-order valence-electron chi connectivity index (χ0n) is 9.81. The highest BCUT2D eigenvalue weighted by Gasteiger charge is 2.40. The van der Waals surface area contributed by atoms with Crippen LogP contribution in [0.15, 0.2) is 5.38 Å². The third-order valence-electron chi connectivity index (χ3n) is 3.12.